The molecule has 2 aromatic rings. The summed E-state index contributed by atoms with van der Waals surface area (Å²) in [5.74, 6) is -1.41. The zero-order chi connectivity index (χ0) is 19.8. The standard InChI is InChI=1S/C19H16F2O6/c1-25-16-9-3-12(10-17(16)27-19(20)21)2-8-15(22)13-4-6-14(7-5-13)26-11-18(23)24/h2-10,19H,11H2,1H3,(H,23,24)/p-1/b8-2+. The van der Waals surface area contributed by atoms with Gasteiger partial charge in [0.25, 0.3) is 0 Å². The van der Waals surface area contributed by atoms with E-state index in [4.69, 9.17) is 9.47 Å². The highest BCUT2D eigenvalue weighted by atomic mass is 19.3. The first-order chi connectivity index (χ1) is 12.9. The molecule has 8 heteroatoms. The lowest BCUT2D eigenvalue weighted by atomic mass is 10.1. The predicted molar refractivity (Wildman–Crippen MR) is 89.9 cm³/mol. The van der Waals surface area contributed by atoms with E-state index in [1.165, 1.54) is 55.7 Å². The Balaban J connectivity index is 2.08. The molecular weight excluding hydrogens is 362 g/mol. The van der Waals surface area contributed by atoms with Gasteiger partial charge in [-0.2, -0.15) is 8.78 Å². The molecule has 0 saturated heterocycles. The van der Waals surface area contributed by atoms with E-state index in [2.05, 4.69) is 4.74 Å². The van der Waals surface area contributed by atoms with E-state index >= 15 is 0 Å². The SMILES string of the molecule is COc1ccc(/C=C/C(=O)c2ccc(OCC(=O)[O-])cc2)cc1OC(F)F. The van der Waals surface area contributed by atoms with Crippen LogP contribution in [-0.2, 0) is 4.79 Å². The van der Waals surface area contributed by atoms with Crippen LogP contribution in [-0.4, -0.2) is 32.1 Å². The zero-order valence-electron chi connectivity index (χ0n) is 14.2. The lowest BCUT2D eigenvalue weighted by Gasteiger charge is -2.10. The first kappa shape index (κ1) is 19.9. The number of carbonyl (C=O) groups is 2. The second-order valence-corrected chi connectivity index (χ2v) is 5.17. The molecule has 6 nitrogen and oxygen atoms in total. The number of hydrogen-bond acceptors (Lipinski definition) is 6. The summed E-state index contributed by atoms with van der Waals surface area (Å²) in [5, 5.41) is 10.3. The van der Waals surface area contributed by atoms with Crippen molar-refractivity contribution in [1.82, 2.24) is 0 Å². The van der Waals surface area contributed by atoms with Crippen LogP contribution in [0.4, 0.5) is 8.78 Å². The average molecular weight is 377 g/mol. The van der Waals surface area contributed by atoms with Gasteiger partial charge in [0.1, 0.15) is 12.4 Å². The van der Waals surface area contributed by atoms with Gasteiger partial charge in [-0.25, -0.2) is 0 Å². The van der Waals surface area contributed by atoms with Crippen molar-refractivity contribution in [2.24, 2.45) is 0 Å². The Kier molecular flexibility index (Phi) is 6.87. The molecule has 0 spiro atoms. The number of ether oxygens (including phenoxy) is 3. The molecule has 0 atom stereocenters. The monoisotopic (exact) mass is 377 g/mol. The van der Waals surface area contributed by atoms with Crippen molar-refractivity contribution in [1.29, 1.82) is 0 Å². The van der Waals surface area contributed by atoms with Gasteiger partial charge in [-0.15, -0.1) is 0 Å². The summed E-state index contributed by atoms with van der Waals surface area (Å²) in [6, 6.07) is 10.2. The van der Waals surface area contributed by atoms with E-state index < -0.39 is 19.2 Å². The Morgan fingerprint density at radius 1 is 1.11 bits per heavy atom. The van der Waals surface area contributed by atoms with Crippen molar-refractivity contribution in [2.45, 2.75) is 6.61 Å². The lowest BCUT2D eigenvalue weighted by Crippen LogP contribution is -2.28. The maximum absolute atomic E-state index is 12.4. The first-order valence-electron chi connectivity index (χ1n) is 7.67. The van der Waals surface area contributed by atoms with Crippen LogP contribution in [0.1, 0.15) is 15.9 Å². The highest BCUT2D eigenvalue weighted by Crippen LogP contribution is 2.30. The number of rotatable bonds is 9. The van der Waals surface area contributed by atoms with E-state index in [0.717, 1.165) is 0 Å². The van der Waals surface area contributed by atoms with Gasteiger partial charge in [-0.3, -0.25) is 4.79 Å². The molecule has 0 fully saturated rings. The number of halogens is 2. The van der Waals surface area contributed by atoms with Gasteiger partial charge in [0.15, 0.2) is 17.3 Å². The second-order valence-electron chi connectivity index (χ2n) is 5.17. The molecule has 0 aliphatic rings. The molecule has 0 aliphatic carbocycles. The Morgan fingerprint density at radius 2 is 1.81 bits per heavy atom. The smallest absolute Gasteiger partial charge is 0.387 e. The second kappa shape index (κ2) is 9.33. The fourth-order valence-electron chi connectivity index (χ4n) is 2.11. The molecule has 2 aromatic carbocycles. The summed E-state index contributed by atoms with van der Waals surface area (Å²) in [6.45, 7) is -3.59. The zero-order valence-corrected chi connectivity index (χ0v) is 14.2. The minimum atomic E-state index is -3.00. The topological polar surface area (TPSA) is 84.9 Å². The minimum absolute atomic E-state index is 0.142. The third-order valence-corrected chi connectivity index (χ3v) is 3.33. The van der Waals surface area contributed by atoms with Crippen LogP contribution in [0.5, 0.6) is 17.2 Å². The van der Waals surface area contributed by atoms with E-state index in [9.17, 15) is 23.5 Å². The molecule has 0 aromatic heterocycles. The Hall–Kier alpha value is -3.42. The van der Waals surface area contributed by atoms with Gasteiger partial charge in [0.05, 0.1) is 13.1 Å². The van der Waals surface area contributed by atoms with Crippen molar-refractivity contribution in [2.75, 3.05) is 13.7 Å². The van der Waals surface area contributed by atoms with Gasteiger partial charge in [0.2, 0.25) is 0 Å². The van der Waals surface area contributed by atoms with Crippen LogP contribution in [0.25, 0.3) is 6.08 Å². The summed E-state index contributed by atoms with van der Waals surface area (Å²) in [4.78, 5) is 22.5. The molecular formula is C19H15F2O6-. The van der Waals surface area contributed by atoms with Crippen LogP contribution >= 0.6 is 0 Å². The van der Waals surface area contributed by atoms with Crippen LogP contribution in [0.15, 0.2) is 48.5 Å². The predicted octanol–water partition coefficient (Wildman–Crippen LogP) is 2.32. The number of allylic oxidation sites excluding steroid dienone is 1. The Morgan fingerprint density at radius 3 is 2.41 bits per heavy atom. The van der Waals surface area contributed by atoms with Gasteiger partial charge in [-0.05, 0) is 48.0 Å². The molecule has 0 radical (unpaired) electrons. The fraction of sp³-hybridized carbons (Fsp3) is 0.158. The van der Waals surface area contributed by atoms with Gasteiger partial charge >= 0.3 is 6.61 Å². The number of ketones is 1. The highest BCUT2D eigenvalue weighted by molar-refractivity contribution is 6.06. The number of carboxylic acid groups (broad SMARTS) is 1. The molecule has 27 heavy (non-hydrogen) atoms. The van der Waals surface area contributed by atoms with E-state index in [-0.39, 0.29) is 23.0 Å². The quantitative estimate of drug-likeness (QED) is 0.493. The summed E-state index contributed by atoms with van der Waals surface area (Å²) in [5.41, 5.74) is 0.804. The number of alkyl halides is 2. The van der Waals surface area contributed by atoms with Crippen molar-refractivity contribution in [3.05, 3.63) is 59.7 Å². The molecule has 2 rings (SSSR count). The van der Waals surface area contributed by atoms with Crippen LogP contribution in [0, 0.1) is 0 Å². The van der Waals surface area contributed by atoms with E-state index in [1.54, 1.807) is 6.07 Å². The molecule has 0 saturated carbocycles. The Bertz CT molecular complexity index is 831. The van der Waals surface area contributed by atoms with Crippen molar-refractivity contribution >= 4 is 17.8 Å². The van der Waals surface area contributed by atoms with Crippen molar-refractivity contribution in [3.63, 3.8) is 0 Å². The lowest BCUT2D eigenvalue weighted by molar-refractivity contribution is -0.307. The summed E-state index contributed by atoms with van der Waals surface area (Å²) in [7, 11) is 1.33. The molecule has 0 amide bonds. The van der Waals surface area contributed by atoms with Gasteiger partial charge in [-0.1, -0.05) is 12.1 Å². The fourth-order valence-corrected chi connectivity index (χ4v) is 2.11. The molecule has 0 bridgehead atoms. The average Bonchev–Trinajstić information content (AvgIpc) is 2.64. The third kappa shape index (κ3) is 6.10. The van der Waals surface area contributed by atoms with E-state index in [1.807, 2.05) is 0 Å². The highest BCUT2D eigenvalue weighted by Gasteiger charge is 2.11. The van der Waals surface area contributed by atoms with Crippen molar-refractivity contribution < 1.29 is 37.7 Å². The van der Waals surface area contributed by atoms with Gasteiger partial charge < -0.3 is 24.1 Å². The number of methoxy groups -OCH3 is 1. The number of carboxylic acids is 1. The normalized spacial score (nSPS) is 10.8. The molecule has 0 aliphatic heterocycles. The first-order valence-corrected chi connectivity index (χ1v) is 7.67. The molecule has 142 valence electrons. The van der Waals surface area contributed by atoms with Crippen LogP contribution < -0.4 is 19.3 Å². The summed E-state index contributed by atoms with van der Waals surface area (Å²) < 4.78 is 39.1. The number of carbonyl (C=O) groups excluding carboxylic acids is 2. The molecule has 0 N–H and O–H groups in total. The van der Waals surface area contributed by atoms with Crippen molar-refractivity contribution in [3.8, 4) is 17.2 Å². The number of aliphatic carboxylic acids is 1. The Labute approximate surface area is 153 Å². The minimum Gasteiger partial charge on any atom is -0.546 e. The number of benzene rings is 2. The maximum Gasteiger partial charge on any atom is 0.387 e. The molecule has 0 unspecified atom stereocenters. The largest absolute Gasteiger partial charge is 0.546 e. The van der Waals surface area contributed by atoms with Crippen LogP contribution in [0.3, 0.4) is 0 Å². The maximum atomic E-state index is 12.4. The molecule has 0 heterocycles. The van der Waals surface area contributed by atoms with Crippen LogP contribution in [0.2, 0.25) is 0 Å². The number of hydrogen-bond donors (Lipinski definition) is 0. The van der Waals surface area contributed by atoms with Gasteiger partial charge in [0, 0.05) is 5.56 Å². The summed E-state index contributed by atoms with van der Waals surface area (Å²) in [6.07, 6.45) is 2.71. The van der Waals surface area contributed by atoms with E-state index in [0.29, 0.717) is 11.1 Å². The summed E-state index contributed by atoms with van der Waals surface area (Å²) >= 11 is 0. The third-order valence-electron chi connectivity index (χ3n) is 3.33.